The summed E-state index contributed by atoms with van der Waals surface area (Å²) in [5.74, 6) is -1.05. The largest absolute Gasteiger partial charge is 0.481 e. The van der Waals surface area contributed by atoms with Crippen LogP contribution in [0, 0.1) is 5.92 Å². The van der Waals surface area contributed by atoms with Gasteiger partial charge in [0.2, 0.25) is 0 Å². The molecule has 0 saturated heterocycles. The molecule has 0 radical (unpaired) electrons. The van der Waals surface area contributed by atoms with Crippen molar-refractivity contribution in [2.45, 2.75) is 37.8 Å². The maximum atomic E-state index is 12.0. The molecule has 0 spiro atoms. The third-order valence-corrected chi connectivity index (χ3v) is 4.10. The van der Waals surface area contributed by atoms with Crippen LogP contribution in [0.2, 0.25) is 0 Å². The lowest BCUT2D eigenvalue weighted by atomic mass is 9.86. The number of benzene rings is 1. The molecule has 2 amide bonds. The fourth-order valence-electron chi connectivity index (χ4n) is 2.79. The molecule has 0 bridgehead atoms. The van der Waals surface area contributed by atoms with Gasteiger partial charge in [-0.25, -0.2) is 4.79 Å². The van der Waals surface area contributed by atoms with Crippen LogP contribution in [0.15, 0.2) is 30.3 Å². The van der Waals surface area contributed by atoms with Crippen molar-refractivity contribution >= 4 is 12.0 Å². The van der Waals surface area contributed by atoms with Gasteiger partial charge < -0.3 is 20.8 Å². The number of carbonyl (C=O) groups excluding carboxylic acids is 1. The molecule has 1 aromatic carbocycles. The van der Waals surface area contributed by atoms with Crippen LogP contribution in [0.5, 0.6) is 0 Å². The molecule has 1 atom stereocenters. The zero-order valence-corrected chi connectivity index (χ0v) is 12.4. The third-order valence-electron chi connectivity index (χ3n) is 4.10. The standard InChI is InChI=1S/C16H22N2O4/c19-10-14(11-4-2-1-3-5-11)18-16(22)17-13-8-6-12(7-9-13)15(20)21/h1-5,12-14,19H,6-10H2,(H,20,21)(H2,17,18,22)/t12?,13?,14-/m0/s1. The molecule has 1 aliphatic rings. The zero-order chi connectivity index (χ0) is 15.9. The first-order chi connectivity index (χ1) is 10.6. The maximum absolute atomic E-state index is 12.0. The summed E-state index contributed by atoms with van der Waals surface area (Å²) in [6.45, 7) is -0.177. The smallest absolute Gasteiger partial charge is 0.315 e. The third kappa shape index (κ3) is 4.46. The second-order valence-electron chi connectivity index (χ2n) is 5.65. The van der Waals surface area contributed by atoms with Gasteiger partial charge in [-0.3, -0.25) is 4.79 Å². The number of nitrogens with one attached hydrogen (secondary N) is 2. The molecule has 1 aromatic rings. The first-order valence-corrected chi connectivity index (χ1v) is 7.55. The monoisotopic (exact) mass is 306 g/mol. The SMILES string of the molecule is O=C(NC1CCC(C(=O)O)CC1)N[C@@H](CO)c1ccccc1. The summed E-state index contributed by atoms with van der Waals surface area (Å²) in [4.78, 5) is 22.9. The minimum absolute atomic E-state index is 0.00860. The van der Waals surface area contributed by atoms with Gasteiger partial charge in [-0.2, -0.15) is 0 Å². The number of rotatable bonds is 5. The molecular formula is C16H22N2O4. The number of aliphatic hydroxyl groups excluding tert-OH is 1. The van der Waals surface area contributed by atoms with Crippen LogP contribution in [0.25, 0.3) is 0 Å². The highest BCUT2D eigenvalue weighted by atomic mass is 16.4. The Morgan fingerprint density at radius 3 is 2.32 bits per heavy atom. The quantitative estimate of drug-likeness (QED) is 0.665. The number of aliphatic hydroxyl groups is 1. The Morgan fingerprint density at radius 1 is 1.14 bits per heavy atom. The predicted molar refractivity (Wildman–Crippen MR) is 81.3 cm³/mol. The Balaban J connectivity index is 1.81. The van der Waals surface area contributed by atoms with Crippen LogP contribution >= 0.6 is 0 Å². The summed E-state index contributed by atoms with van der Waals surface area (Å²) in [7, 11) is 0. The molecule has 6 nitrogen and oxygen atoms in total. The van der Waals surface area contributed by atoms with Crippen LogP contribution < -0.4 is 10.6 Å². The van der Waals surface area contributed by atoms with E-state index in [0.29, 0.717) is 25.7 Å². The van der Waals surface area contributed by atoms with Crippen LogP contribution in [-0.4, -0.2) is 34.9 Å². The Kier molecular flexibility index (Phi) is 5.77. The Labute approximate surface area is 129 Å². The van der Waals surface area contributed by atoms with E-state index >= 15 is 0 Å². The number of aliphatic carboxylic acids is 1. The summed E-state index contributed by atoms with van der Waals surface area (Å²) >= 11 is 0. The Morgan fingerprint density at radius 2 is 1.77 bits per heavy atom. The van der Waals surface area contributed by atoms with Crippen molar-refractivity contribution in [2.24, 2.45) is 5.92 Å². The van der Waals surface area contributed by atoms with Gasteiger partial charge in [0.1, 0.15) is 0 Å². The van der Waals surface area contributed by atoms with Gasteiger partial charge in [0.15, 0.2) is 0 Å². The second kappa shape index (κ2) is 7.79. The number of hydrogen-bond donors (Lipinski definition) is 4. The molecule has 22 heavy (non-hydrogen) atoms. The van der Waals surface area contributed by atoms with Crippen LogP contribution in [0.3, 0.4) is 0 Å². The highest BCUT2D eigenvalue weighted by Crippen LogP contribution is 2.24. The van der Waals surface area contributed by atoms with Crippen LogP contribution in [0.1, 0.15) is 37.3 Å². The van der Waals surface area contributed by atoms with E-state index in [1.807, 2.05) is 30.3 Å². The van der Waals surface area contributed by atoms with Gasteiger partial charge in [0.25, 0.3) is 0 Å². The Bertz CT molecular complexity index is 498. The number of carbonyl (C=O) groups is 2. The van der Waals surface area contributed by atoms with Crippen molar-refractivity contribution < 1.29 is 19.8 Å². The van der Waals surface area contributed by atoms with Crippen molar-refractivity contribution in [1.82, 2.24) is 10.6 Å². The summed E-state index contributed by atoms with van der Waals surface area (Å²) < 4.78 is 0. The number of amides is 2. The van der Waals surface area contributed by atoms with E-state index in [1.54, 1.807) is 0 Å². The van der Waals surface area contributed by atoms with Crippen molar-refractivity contribution in [1.29, 1.82) is 0 Å². The zero-order valence-electron chi connectivity index (χ0n) is 12.4. The molecule has 1 saturated carbocycles. The molecule has 6 heteroatoms. The average Bonchev–Trinajstić information content (AvgIpc) is 2.54. The number of carboxylic acid groups (broad SMARTS) is 1. The lowest BCUT2D eigenvalue weighted by molar-refractivity contribution is -0.142. The van der Waals surface area contributed by atoms with E-state index in [9.17, 15) is 14.7 Å². The molecule has 120 valence electrons. The van der Waals surface area contributed by atoms with E-state index in [1.165, 1.54) is 0 Å². The van der Waals surface area contributed by atoms with Gasteiger partial charge >= 0.3 is 12.0 Å². The summed E-state index contributed by atoms with van der Waals surface area (Å²) in [6.07, 6.45) is 2.50. The van der Waals surface area contributed by atoms with Crippen molar-refractivity contribution in [3.8, 4) is 0 Å². The maximum Gasteiger partial charge on any atom is 0.315 e. The average molecular weight is 306 g/mol. The molecule has 0 unspecified atom stereocenters. The number of urea groups is 1. The van der Waals surface area contributed by atoms with Gasteiger partial charge in [0.05, 0.1) is 18.6 Å². The first-order valence-electron chi connectivity index (χ1n) is 7.55. The summed E-state index contributed by atoms with van der Waals surface area (Å²) in [6, 6.07) is 8.48. The summed E-state index contributed by atoms with van der Waals surface area (Å²) in [5.41, 5.74) is 0.842. The van der Waals surface area contributed by atoms with Gasteiger partial charge in [0, 0.05) is 6.04 Å². The van der Waals surface area contributed by atoms with Crippen molar-refractivity contribution in [3.63, 3.8) is 0 Å². The number of hydrogen-bond acceptors (Lipinski definition) is 3. The molecule has 0 heterocycles. The highest BCUT2D eigenvalue weighted by Gasteiger charge is 2.27. The predicted octanol–water partition coefficient (Wildman–Crippen LogP) is 1.66. The van der Waals surface area contributed by atoms with Crippen LogP contribution in [-0.2, 0) is 4.79 Å². The van der Waals surface area contributed by atoms with E-state index in [4.69, 9.17) is 5.11 Å². The van der Waals surface area contributed by atoms with E-state index in [2.05, 4.69) is 10.6 Å². The minimum Gasteiger partial charge on any atom is -0.481 e. The lowest BCUT2D eigenvalue weighted by Gasteiger charge is -2.27. The summed E-state index contributed by atoms with van der Waals surface area (Å²) in [5, 5.41) is 24.0. The number of carboxylic acids is 1. The van der Waals surface area contributed by atoms with E-state index in [-0.39, 0.29) is 24.6 Å². The topological polar surface area (TPSA) is 98.7 Å². The molecule has 2 rings (SSSR count). The Hall–Kier alpha value is -2.08. The molecule has 0 aliphatic heterocycles. The molecule has 4 N–H and O–H groups in total. The van der Waals surface area contributed by atoms with Gasteiger partial charge in [-0.1, -0.05) is 30.3 Å². The fourth-order valence-corrected chi connectivity index (χ4v) is 2.79. The van der Waals surface area contributed by atoms with Crippen LogP contribution in [0.4, 0.5) is 4.79 Å². The fraction of sp³-hybridized carbons (Fsp3) is 0.500. The van der Waals surface area contributed by atoms with Gasteiger partial charge in [-0.15, -0.1) is 0 Å². The molecule has 1 aliphatic carbocycles. The highest BCUT2D eigenvalue weighted by molar-refractivity contribution is 5.75. The minimum atomic E-state index is -0.757. The van der Waals surface area contributed by atoms with Crippen molar-refractivity contribution in [3.05, 3.63) is 35.9 Å². The van der Waals surface area contributed by atoms with Gasteiger partial charge in [-0.05, 0) is 31.2 Å². The molecule has 0 aromatic heterocycles. The van der Waals surface area contributed by atoms with E-state index < -0.39 is 12.0 Å². The first kappa shape index (κ1) is 16.3. The molecular weight excluding hydrogens is 284 g/mol. The van der Waals surface area contributed by atoms with Crippen molar-refractivity contribution in [2.75, 3.05) is 6.61 Å². The second-order valence-corrected chi connectivity index (χ2v) is 5.65. The lowest BCUT2D eigenvalue weighted by Crippen LogP contribution is -2.45. The van der Waals surface area contributed by atoms with E-state index in [0.717, 1.165) is 5.56 Å². The normalized spacial score (nSPS) is 22.6. The molecule has 1 fully saturated rings.